The highest BCUT2D eigenvalue weighted by Crippen LogP contribution is 2.31. The first kappa shape index (κ1) is 11.7. The minimum absolute atomic E-state index is 0.00454. The van der Waals surface area contributed by atoms with Crippen LogP contribution in [0, 0.1) is 5.92 Å². The Morgan fingerprint density at radius 1 is 1.56 bits per heavy atom. The summed E-state index contributed by atoms with van der Waals surface area (Å²) >= 11 is 0. The molecule has 1 saturated heterocycles. The van der Waals surface area contributed by atoms with Crippen LogP contribution in [0.2, 0.25) is 0 Å². The zero-order valence-electron chi connectivity index (χ0n) is 10.6. The third kappa shape index (κ3) is 1.90. The van der Waals surface area contributed by atoms with Gasteiger partial charge in [-0.2, -0.15) is 0 Å². The summed E-state index contributed by atoms with van der Waals surface area (Å²) in [5.41, 5.74) is 2.21. The molecular weight excluding hydrogens is 228 g/mol. The van der Waals surface area contributed by atoms with E-state index in [-0.39, 0.29) is 17.9 Å². The van der Waals surface area contributed by atoms with Gasteiger partial charge in [-0.15, -0.1) is 0 Å². The Morgan fingerprint density at radius 2 is 2.44 bits per heavy atom. The summed E-state index contributed by atoms with van der Waals surface area (Å²) in [6, 6.07) is 2.00. The lowest BCUT2D eigenvalue weighted by Gasteiger charge is -2.31. The van der Waals surface area contributed by atoms with E-state index < -0.39 is 0 Å². The Hall–Kier alpha value is -1.42. The molecule has 1 amide bonds. The van der Waals surface area contributed by atoms with Crippen LogP contribution in [0.5, 0.6) is 0 Å². The van der Waals surface area contributed by atoms with E-state index in [4.69, 9.17) is 4.74 Å². The van der Waals surface area contributed by atoms with Crippen LogP contribution in [0.3, 0.4) is 0 Å². The molecule has 0 N–H and O–H groups in total. The number of amides is 1. The van der Waals surface area contributed by atoms with E-state index in [2.05, 4.69) is 4.98 Å². The van der Waals surface area contributed by atoms with Crippen molar-refractivity contribution >= 4 is 11.6 Å². The van der Waals surface area contributed by atoms with Crippen LogP contribution in [-0.4, -0.2) is 30.1 Å². The molecule has 0 unspecified atom stereocenters. The highest BCUT2D eigenvalue weighted by Gasteiger charge is 2.35. The van der Waals surface area contributed by atoms with E-state index in [0.29, 0.717) is 0 Å². The Labute approximate surface area is 107 Å². The molecule has 4 nitrogen and oxygen atoms in total. The van der Waals surface area contributed by atoms with Gasteiger partial charge < -0.3 is 9.64 Å². The van der Waals surface area contributed by atoms with Crippen molar-refractivity contribution in [3.8, 4) is 0 Å². The van der Waals surface area contributed by atoms with E-state index in [9.17, 15) is 4.79 Å². The molecule has 1 aromatic heterocycles. The molecule has 1 aromatic rings. The lowest BCUT2D eigenvalue weighted by Crippen LogP contribution is -2.42. The second kappa shape index (κ2) is 4.69. The highest BCUT2D eigenvalue weighted by atomic mass is 16.5. The van der Waals surface area contributed by atoms with Crippen LogP contribution in [0.25, 0.3) is 0 Å². The molecule has 0 spiro atoms. The van der Waals surface area contributed by atoms with Gasteiger partial charge in [0, 0.05) is 19.3 Å². The third-order valence-electron chi connectivity index (χ3n) is 3.97. The molecule has 1 fully saturated rings. The van der Waals surface area contributed by atoms with Crippen molar-refractivity contribution in [2.45, 2.75) is 32.3 Å². The molecule has 3 rings (SSSR count). The Balaban J connectivity index is 1.82. The van der Waals surface area contributed by atoms with E-state index in [1.54, 1.807) is 12.4 Å². The van der Waals surface area contributed by atoms with E-state index in [1.807, 2.05) is 17.9 Å². The predicted molar refractivity (Wildman–Crippen MR) is 68.4 cm³/mol. The molecule has 3 heterocycles. The maximum Gasteiger partial charge on any atom is 0.232 e. The third-order valence-corrected chi connectivity index (χ3v) is 3.97. The summed E-state index contributed by atoms with van der Waals surface area (Å²) in [6.45, 7) is 3.56. The number of anilines is 1. The number of rotatable bonds is 1. The second-order valence-electron chi connectivity index (χ2n) is 5.07. The van der Waals surface area contributed by atoms with Gasteiger partial charge in [0.15, 0.2) is 0 Å². The Kier molecular flexibility index (Phi) is 3.04. The van der Waals surface area contributed by atoms with Crippen molar-refractivity contribution in [1.82, 2.24) is 4.98 Å². The second-order valence-corrected chi connectivity index (χ2v) is 5.07. The fraction of sp³-hybridized carbons (Fsp3) is 0.571. The number of pyridine rings is 1. The number of carbonyl (C=O) groups excluding carboxylic acids is 1. The average Bonchev–Trinajstić information content (AvgIpc) is 2.82. The number of nitrogens with zero attached hydrogens (tertiary/aromatic N) is 2. The van der Waals surface area contributed by atoms with Gasteiger partial charge in [0.25, 0.3) is 0 Å². The first-order valence-electron chi connectivity index (χ1n) is 6.63. The van der Waals surface area contributed by atoms with Gasteiger partial charge in [0.1, 0.15) is 0 Å². The normalized spacial score (nSPS) is 27.1. The average molecular weight is 246 g/mol. The van der Waals surface area contributed by atoms with Crippen molar-refractivity contribution in [3.05, 3.63) is 24.0 Å². The molecular formula is C14H18N2O2. The van der Waals surface area contributed by atoms with Crippen molar-refractivity contribution < 1.29 is 9.53 Å². The quantitative estimate of drug-likeness (QED) is 0.758. The van der Waals surface area contributed by atoms with Crippen molar-refractivity contribution in [2.75, 3.05) is 18.1 Å². The minimum Gasteiger partial charge on any atom is -0.378 e. The van der Waals surface area contributed by atoms with Gasteiger partial charge in [0.05, 0.1) is 23.9 Å². The Morgan fingerprint density at radius 3 is 3.28 bits per heavy atom. The van der Waals surface area contributed by atoms with Gasteiger partial charge in [-0.05, 0) is 37.8 Å². The van der Waals surface area contributed by atoms with Crippen molar-refractivity contribution in [2.24, 2.45) is 5.92 Å². The number of ether oxygens (including phenoxy) is 1. The van der Waals surface area contributed by atoms with Crippen LogP contribution in [0.1, 0.15) is 25.3 Å². The van der Waals surface area contributed by atoms with Gasteiger partial charge in [-0.1, -0.05) is 0 Å². The summed E-state index contributed by atoms with van der Waals surface area (Å²) in [6.07, 6.45) is 6.48. The number of fused-ring (bicyclic) bond motifs is 1. The predicted octanol–water partition coefficient (Wildman–Crippen LogP) is 1.79. The zero-order chi connectivity index (χ0) is 12.5. The Bertz CT molecular complexity index is 461. The maximum absolute atomic E-state index is 12.6. The van der Waals surface area contributed by atoms with Gasteiger partial charge >= 0.3 is 0 Å². The molecule has 18 heavy (non-hydrogen) atoms. The van der Waals surface area contributed by atoms with Crippen LogP contribution >= 0.6 is 0 Å². The summed E-state index contributed by atoms with van der Waals surface area (Å²) < 4.78 is 5.60. The molecule has 0 saturated carbocycles. The van der Waals surface area contributed by atoms with Gasteiger partial charge in [-0.25, -0.2) is 0 Å². The molecule has 0 aliphatic carbocycles. The van der Waals surface area contributed by atoms with Crippen LogP contribution in [-0.2, 0) is 16.0 Å². The first-order chi connectivity index (χ1) is 8.77. The van der Waals surface area contributed by atoms with E-state index >= 15 is 0 Å². The molecule has 96 valence electrons. The monoisotopic (exact) mass is 246 g/mol. The minimum atomic E-state index is 0.00454. The molecule has 2 aliphatic heterocycles. The summed E-state index contributed by atoms with van der Waals surface area (Å²) in [7, 11) is 0. The topological polar surface area (TPSA) is 42.4 Å². The standard InChI is InChI=1S/C14H18N2O2/c1-10-12(3-2-8-18-10)14(17)16-7-5-11-4-6-15-9-13(11)16/h4,6,9-10,12H,2-3,5,7-8H2,1H3/t10-,12-/m0/s1. The lowest BCUT2D eigenvalue weighted by molar-refractivity contribution is -0.130. The molecule has 0 aromatic carbocycles. The smallest absolute Gasteiger partial charge is 0.232 e. The maximum atomic E-state index is 12.6. The molecule has 4 heteroatoms. The summed E-state index contributed by atoms with van der Waals surface area (Å²) in [4.78, 5) is 18.6. The van der Waals surface area contributed by atoms with Crippen LogP contribution in [0.15, 0.2) is 18.5 Å². The van der Waals surface area contributed by atoms with Crippen molar-refractivity contribution in [1.29, 1.82) is 0 Å². The fourth-order valence-corrected chi connectivity index (χ4v) is 2.90. The van der Waals surface area contributed by atoms with Gasteiger partial charge in [-0.3, -0.25) is 9.78 Å². The largest absolute Gasteiger partial charge is 0.378 e. The fourth-order valence-electron chi connectivity index (χ4n) is 2.90. The first-order valence-corrected chi connectivity index (χ1v) is 6.63. The van der Waals surface area contributed by atoms with Gasteiger partial charge in [0.2, 0.25) is 5.91 Å². The number of hydrogen-bond donors (Lipinski definition) is 0. The molecule has 0 bridgehead atoms. The highest BCUT2D eigenvalue weighted by molar-refractivity contribution is 5.97. The van der Waals surface area contributed by atoms with Crippen molar-refractivity contribution in [3.63, 3.8) is 0 Å². The summed E-state index contributed by atoms with van der Waals surface area (Å²) in [5.74, 6) is 0.207. The zero-order valence-corrected chi connectivity index (χ0v) is 10.6. The van der Waals surface area contributed by atoms with E-state index in [0.717, 1.165) is 38.1 Å². The molecule has 2 aliphatic rings. The number of aromatic nitrogens is 1. The lowest BCUT2D eigenvalue weighted by atomic mass is 9.94. The molecule has 2 atom stereocenters. The number of hydrogen-bond acceptors (Lipinski definition) is 3. The summed E-state index contributed by atoms with van der Waals surface area (Å²) in [5, 5.41) is 0. The van der Waals surface area contributed by atoms with Crippen LogP contribution in [0.4, 0.5) is 5.69 Å². The molecule has 0 radical (unpaired) electrons. The van der Waals surface area contributed by atoms with E-state index in [1.165, 1.54) is 5.56 Å². The number of carbonyl (C=O) groups is 1. The van der Waals surface area contributed by atoms with Crippen LogP contribution < -0.4 is 4.90 Å². The SMILES string of the molecule is C[C@@H]1OCCC[C@@H]1C(=O)N1CCc2ccncc21.